The molecule has 0 N–H and O–H groups in total. The van der Waals surface area contributed by atoms with Crippen LogP contribution >= 0.6 is 11.6 Å². The Balaban J connectivity index is 1.76. The standard InChI is InChI=1S/C27H35ClN2O2/c1-29(2)14-15-30-26-13-10-22(28)17-21(26)18-24(20-8-11-23(32-3)12-9-20)25(27(30)31)16-19-6-4-5-7-19/h8-13,17,19,24-25H,4-7,14-16,18H2,1-3H3/t24-,25+/m0/s1. The minimum Gasteiger partial charge on any atom is -0.497 e. The Bertz CT molecular complexity index is 922. The largest absolute Gasteiger partial charge is 0.497 e. The van der Waals surface area contributed by atoms with Crippen molar-refractivity contribution in [1.82, 2.24) is 4.90 Å². The fourth-order valence-electron chi connectivity index (χ4n) is 5.45. The lowest BCUT2D eigenvalue weighted by Crippen LogP contribution is -2.41. The van der Waals surface area contributed by atoms with Crippen LogP contribution in [0.5, 0.6) is 5.75 Å². The topological polar surface area (TPSA) is 32.8 Å². The van der Waals surface area contributed by atoms with E-state index < -0.39 is 0 Å². The van der Waals surface area contributed by atoms with Gasteiger partial charge >= 0.3 is 0 Å². The number of benzene rings is 2. The SMILES string of the molecule is COc1ccc([C@@H]2Cc3cc(Cl)ccc3N(CCN(C)C)C(=O)[C@@H]2CC2CCCC2)cc1. The van der Waals surface area contributed by atoms with Crippen LogP contribution in [-0.4, -0.2) is 45.1 Å². The van der Waals surface area contributed by atoms with Gasteiger partial charge in [0.25, 0.3) is 0 Å². The number of fused-ring (bicyclic) bond motifs is 1. The summed E-state index contributed by atoms with van der Waals surface area (Å²) in [6.07, 6.45) is 6.86. The lowest BCUT2D eigenvalue weighted by Gasteiger charge is -2.31. The number of anilines is 1. The Labute approximate surface area is 197 Å². The molecular formula is C27H35ClN2O2. The van der Waals surface area contributed by atoms with Crippen molar-refractivity contribution in [3.63, 3.8) is 0 Å². The number of ether oxygens (including phenoxy) is 1. The first kappa shape index (κ1) is 23.1. The van der Waals surface area contributed by atoms with Crippen LogP contribution < -0.4 is 9.64 Å². The molecule has 2 aromatic rings. The molecule has 5 heteroatoms. The highest BCUT2D eigenvalue weighted by atomic mass is 35.5. The number of hydrogen-bond acceptors (Lipinski definition) is 3. The number of hydrogen-bond donors (Lipinski definition) is 0. The molecular weight excluding hydrogens is 420 g/mol. The average molecular weight is 455 g/mol. The number of likely N-dealkylation sites (N-methyl/N-ethyl adjacent to an activating group) is 1. The minimum absolute atomic E-state index is 0.0279. The van der Waals surface area contributed by atoms with E-state index in [4.69, 9.17) is 16.3 Å². The van der Waals surface area contributed by atoms with Gasteiger partial charge in [-0.1, -0.05) is 49.4 Å². The summed E-state index contributed by atoms with van der Waals surface area (Å²) in [5.41, 5.74) is 3.40. The first-order valence-corrected chi connectivity index (χ1v) is 12.2. The Morgan fingerprint density at radius 3 is 2.47 bits per heavy atom. The average Bonchev–Trinajstić information content (AvgIpc) is 3.27. The van der Waals surface area contributed by atoms with E-state index in [0.29, 0.717) is 12.5 Å². The molecule has 4 nitrogen and oxygen atoms in total. The second kappa shape index (κ2) is 10.3. The van der Waals surface area contributed by atoms with Crippen LogP contribution in [-0.2, 0) is 11.2 Å². The molecule has 2 atom stereocenters. The zero-order valence-corrected chi connectivity index (χ0v) is 20.3. The maximum absolute atomic E-state index is 14.2. The number of rotatable bonds is 7. The fourth-order valence-corrected chi connectivity index (χ4v) is 5.65. The molecule has 0 radical (unpaired) electrons. The van der Waals surface area contributed by atoms with Gasteiger partial charge in [-0.05, 0) is 80.2 Å². The zero-order valence-electron chi connectivity index (χ0n) is 19.5. The number of methoxy groups -OCH3 is 1. The summed E-state index contributed by atoms with van der Waals surface area (Å²) in [5.74, 6) is 1.86. The van der Waals surface area contributed by atoms with Crippen molar-refractivity contribution in [2.45, 2.75) is 44.4 Å². The summed E-state index contributed by atoms with van der Waals surface area (Å²) in [5, 5.41) is 0.728. The molecule has 32 heavy (non-hydrogen) atoms. The summed E-state index contributed by atoms with van der Waals surface area (Å²) >= 11 is 6.42. The third-order valence-corrected chi connectivity index (χ3v) is 7.45. The molecule has 1 amide bonds. The molecule has 1 heterocycles. The summed E-state index contributed by atoms with van der Waals surface area (Å²) in [7, 11) is 5.80. The van der Waals surface area contributed by atoms with E-state index in [9.17, 15) is 4.79 Å². The third kappa shape index (κ3) is 5.13. The maximum atomic E-state index is 14.2. The van der Waals surface area contributed by atoms with Gasteiger partial charge in [0.05, 0.1) is 7.11 Å². The van der Waals surface area contributed by atoms with E-state index in [1.807, 2.05) is 29.2 Å². The highest BCUT2D eigenvalue weighted by molar-refractivity contribution is 6.30. The normalized spacial score (nSPS) is 21.7. The molecule has 0 bridgehead atoms. The molecule has 0 spiro atoms. The monoisotopic (exact) mass is 454 g/mol. The molecule has 0 unspecified atom stereocenters. The Hall–Kier alpha value is -2.04. The van der Waals surface area contributed by atoms with Crippen molar-refractivity contribution in [2.75, 3.05) is 39.2 Å². The molecule has 1 saturated carbocycles. The molecule has 1 aliphatic carbocycles. The fraction of sp³-hybridized carbons (Fsp3) is 0.519. The number of nitrogens with zero attached hydrogens (tertiary/aromatic N) is 2. The van der Waals surface area contributed by atoms with Gasteiger partial charge in [-0.15, -0.1) is 0 Å². The van der Waals surface area contributed by atoms with Crippen molar-refractivity contribution in [3.8, 4) is 5.75 Å². The van der Waals surface area contributed by atoms with Gasteiger partial charge < -0.3 is 14.5 Å². The van der Waals surface area contributed by atoms with Crippen LogP contribution in [0.1, 0.15) is 49.1 Å². The summed E-state index contributed by atoms with van der Waals surface area (Å²) in [6, 6.07) is 14.3. The highest BCUT2D eigenvalue weighted by Crippen LogP contribution is 2.43. The summed E-state index contributed by atoms with van der Waals surface area (Å²) in [4.78, 5) is 18.3. The van der Waals surface area contributed by atoms with Crippen LogP contribution in [0.4, 0.5) is 5.69 Å². The molecule has 4 rings (SSSR count). The second-order valence-electron chi connectivity index (χ2n) is 9.64. The van der Waals surface area contributed by atoms with Crippen molar-refractivity contribution >= 4 is 23.2 Å². The molecule has 1 fully saturated rings. The number of carbonyl (C=O) groups is 1. The third-order valence-electron chi connectivity index (χ3n) is 7.22. The second-order valence-corrected chi connectivity index (χ2v) is 10.1. The highest BCUT2D eigenvalue weighted by Gasteiger charge is 2.39. The summed E-state index contributed by atoms with van der Waals surface area (Å²) < 4.78 is 5.38. The van der Waals surface area contributed by atoms with Crippen LogP contribution in [0.2, 0.25) is 5.02 Å². The van der Waals surface area contributed by atoms with Crippen molar-refractivity contribution < 1.29 is 9.53 Å². The van der Waals surface area contributed by atoms with Gasteiger partial charge in [-0.3, -0.25) is 4.79 Å². The number of amides is 1. The van der Waals surface area contributed by atoms with Gasteiger partial charge in [0.1, 0.15) is 5.75 Å². The van der Waals surface area contributed by atoms with E-state index in [0.717, 1.165) is 35.8 Å². The van der Waals surface area contributed by atoms with Crippen LogP contribution in [0.3, 0.4) is 0 Å². The predicted octanol–water partition coefficient (Wildman–Crippen LogP) is 5.78. The van der Waals surface area contributed by atoms with E-state index in [-0.39, 0.29) is 17.7 Å². The molecule has 2 aliphatic rings. The van der Waals surface area contributed by atoms with Gasteiger partial charge in [0.2, 0.25) is 5.91 Å². The van der Waals surface area contributed by atoms with Crippen molar-refractivity contribution in [1.29, 1.82) is 0 Å². The smallest absolute Gasteiger partial charge is 0.230 e. The quantitative estimate of drug-likeness (QED) is 0.531. The van der Waals surface area contributed by atoms with Gasteiger partial charge in [0, 0.05) is 29.7 Å². The van der Waals surface area contributed by atoms with Crippen LogP contribution in [0.25, 0.3) is 0 Å². The molecule has 0 saturated heterocycles. The van der Waals surface area contributed by atoms with Crippen molar-refractivity contribution in [3.05, 3.63) is 58.6 Å². The van der Waals surface area contributed by atoms with Crippen LogP contribution in [0, 0.1) is 11.8 Å². The van der Waals surface area contributed by atoms with Gasteiger partial charge in [-0.2, -0.15) is 0 Å². The maximum Gasteiger partial charge on any atom is 0.230 e. The van der Waals surface area contributed by atoms with Gasteiger partial charge in [-0.25, -0.2) is 0 Å². The molecule has 1 aliphatic heterocycles. The van der Waals surface area contributed by atoms with Gasteiger partial charge in [0.15, 0.2) is 0 Å². The van der Waals surface area contributed by atoms with E-state index >= 15 is 0 Å². The van der Waals surface area contributed by atoms with Crippen molar-refractivity contribution in [2.24, 2.45) is 11.8 Å². The van der Waals surface area contributed by atoms with Crippen LogP contribution in [0.15, 0.2) is 42.5 Å². The minimum atomic E-state index is -0.0279. The van der Waals surface area contributed by atoms with E-state index in [2.05, 4.69) is 37.2 Å². The number of carbonyl (C=O) groups excluding carboxylic acids is 1. The molecule has 172 valence electrons. The number of halogens is 1. The Kier molecular flexibility index (Phi) is 7.42. The summed E-state index contributed by atoms with van der Waals surface area (Å²) in [6.45, 7) is 1.52. The molecule has 0 aromatic heterocycles. The lowest BCUT2D eigenvalue weighted by molar-refractivity contribution is -0.123. The van der Waals surface area contributed by atoms with E-state index in [1.165, 1.54) is 36.8 Å². The lowest BCUT2D eigenvalue weighted by atomic mass is 9.77. The van der Waals surface area contributed by atoms with E-state index in [1.54, 1.807) is 7.11 Å². The zero-order chi connectivity index (χ0) is 22.7. The first-order valence-electron chi connectivity index (χ1n) is 11.8. The Morgan fingerprint density at radius 1 is 1.09 bits per heavy atom. The first-order chi connectivity index (χ1) is 15.5. The molecule has 2 aromatic carbocycles. The predicted molar refractivity (Wildman–Crippen MR) is 132 cm³/mol. The Morgan fingerprint density at radius 2 is 1.81 bits per heavy atom.